The van der Waals surface area contributed by atoms with Gasteiger partial charge in [0.2, 0.25) is 0 Å². The summed E-state index contributed by atoms with van der Waals surface area (Å²) in [5, 5.41) is 23.7. The lowest BCUT2D eigenvalue weighted by atomic mass is 10.0. The van der Waals surface area contributed by atoms with Gasteiger partial charge >= 0.3 is 0 Å². The van der Waals surface area contributed by atoms with E-state index in [9.17, 15) is 15.0 Å². The molecule has 2 N–H and O–H groups in total. The van der Waals surface area contributed by atoms with Crippen LogP contribution in [0.2, 0.25) is 0 Å². The summed E-state index contributed by atoms with van der Waals surface area (Å²) in [6, 6.07) is -0.189. The first kappa shape index (κ1) is 17.1. The Bertz CT molecular complexity index is 529. The average Bonchev–Trinajstić information content (AvgIpc) is 2.45. The number of carboxylic acids is 1. The van der Waals surface area contributed by atoms with E-state index >= 15 is 0 Å². The number of hydrogen-bond acceptors (Lipinski definition) is 6. The minimum Gasteiger partial charge on any atom is -0.550 e. The fraction of sp³-hybridized carbons (Fsp3) is 0.533. The van der Waals surface area contributed by atoms with E-state index in [4.69, 9.17) is 0 Å². The third kappa shape index (κ3) is 4.82. The third-order valence-electron chi connectivity index (χ3n) is 3.55. The highest BCUT2D eigenvalue weighted by atomic mass is 16.4. The summed E-state index contributed by atoms with van der Waals surface area (Å²) < 4.78 is 0. The number of carbonyl (C=O) groups excluding carboxylic acids is 1. The lowest BCUT2D eigenvalue weighted by Crippen LogP contribution is -2.35. The highest BCUT2D eigenvalue weighted by Gasteiger charge is 2.15. The van der Waals surface area contributed by atoms with Gasteiger partial charge in [-0.1, -0.05) is 0 Å². The van der Waals surface area contributed by atoms with Gasteiger partial charge in [-0.3, -0.25) is 9.98 Å². The maximum absolute atomic E-state index is 10.6. The van der Waals surface area contributed by atoms with Crippen molar-refractivity contribution in [3.8, 4) is 5.75 Å². The van der Waals surface area contributed by atoms with Crippen LogP contribution >= 0.6 is 0 Å². The molecule has 0 bridgehead atoms. The summed E-state index contributed by atoms with van der Waals surface area (Å²) >= 11 is 0. The average molecular weight is 292 g/mol. The van der Waals surface area contributed by atoms with E-state index in [0.29, 0.717) is 17.7 Å². The summed E-state index contributed by atoms with van der Waals surface area (Å²) in [7, 11) is 1.80. The van der Waals surface area contributed by atoms with Crippen molar-refractivity contribution in [2.24, 2.45) is 4.99 Å². The van der Waals surface area contributed by atoms with E-state index in [1.807, 2.05) is 13.8 Å². The molecule has 1 aromatic heterocycles. The summed E-state index contributed by atoms with van der Waals surface area (Å²) in [5.74, 6) is -0.980. The summed E-state index contributed by atoms with van der Waals surface area (Å²) in [6.45, 7) is 5.49. The lowest BCUT2D eigenvalue weighted by Gasteiger charge is -2.20. The van der Waals surface area contributed by atoms with Crippen LogP contribution in [0.5, 0.6) is 5.75 Å². The van der Waals surface area contributed by atoms with Gasteiger partial charge in [0.25, 0.3) is 0 Å². The second-order valence-electron chi connectivity index (χ2n) is 5.12. The molecule has 21 heavy (non-hydrogen) atoms. The molecule has 0 fully saturated rings. The number of likely N-dealkylation sites (N-methyl/N-ethyl adjacent to an activating group) is 1. The standard InChI is InChI=1S/C15H23N3O3/c1-9-7-17-11(3)15(21)12(9)8-18-13(10(2)16-4)5-6-14(19)20/h7-8,10,13,16,21H,5-6H2,1-4H3,(H,19,20)/p-1. The van der Waals surface area contributed by atoms with Crippen LogP contribution in [0.1, 0.15) is 36.6 Å². The fourth-order valence-electron chi connectivity index (χ4n) is 1.95. The normalized spacial score (nSPS) is 14.3. The molecule has 0 saturated heterocycles. The first-order chi connectivity index (χ1) is 9.86. The zero-order chi connectivity index (χ0) is 16.0. The molecule has 116 valence electrons. The van der Waals surface area contributed by atoms with E-state index in [1.165, 1.54) is 0 Å². The zero-order valence-electron chi connectivity index (χ0n) is 12.9. The van der Waals surface area contributed by atoms with Crippen molar-refractivity contribution in [3.05, 3.63) is 23.0 Å². The molecule has 0 saturated carbocycles. The number of aromatic nitrogens is 1. The molecule has 0 aliphatic heterocycles. The molecule has 0 spiro atoms. The first-order valence-electron chi connectivity index (χ1n) is 6.92. The number of pyridine rings is 1. The van der Waals surface area contributed by atoms with Crippen LogP contribution < -0.4 is 10.4 Å². The van der Waals surface area contributed by atoms with Crippen LogP contribution in [0.25, 0.3) is 0 Å². The highest BCUT2D eigenvalue weighted by molar-refractivity contribution is 5.85. The van der Waals surface area contributed by atoms with Crippen LogP contribution in [-0.2, 0) is 4.79 Å². The summed E-state index contributed by atoms with van der Waals surface area (Å²) in [4.78, 5) is 19.1. The van der Waals surface area contributed by atoms with E-state index in [-0.39, 0.29) is 24.3 Å². The molecule has 0 aromatic carbocycles. The second kappa shape index (κ2) is 7.73. The van der Waals surface area contributed by atoms with Crippen molar-refractivity contribution in [2.75, 3.05) is 7.05 Å². The van der Waals surface area contributed by atoms with Gasteiger partial charge in [-0.15, -0.1) is 0 Å². The summed E-state index contributed by atoms with van der Waals surface area (Å²) in [5.41, 5.74) is 1.97. The Morgan fingerprint density at radius 2 is 2.24 bits per heavy atom. The van der Waals surface area contributed by atoms with Crippen LogP contribution in [0, 0.1) is 13.8 Å². The van der Waals surface area contributed by atoms with Crippen molar-refractivity contribution < 1.29 is 15.0 Å². The van der Waals surface area contributed by atoms with Crippen LogP contribution in [-0.4, -0.2) is 41.4 Å². The predicted octanol–water partition coefficient (Wildman–Crippen LogP) is 0.330. The molecule has 2 unspecified atom stereocenters. The summed E-state index contributed by atoms with van der Waals surface area (Å²) in [6.07, 6.45) is 3.60. The van der Waals surface area contributed by atoms with Gasteiger partial charge in [-0.2, -0.15) is 0 Å². The number of aromatic hydroxyl groups is 1. The zero-order valence-corrected chi connectivity index (χ0v) is 12.9. The number of hydrogen-bond donors (Lipinski definition) is 2. The van der Waals surface area contributed by atoms with Gasteiger partial charge in [0.15, 0.2) is 0 Å². The number of rotatable bonds is 7. The van der Waals surface area contributed by atoms with Crippen LogP contribution in [0.15, 0.2) is 11.2 Å². The monoisotopic (exact) mass is 292 g/mol. The minimum absolute atomic E-state index is 0.0194. The minimum atomic E-state index is -1.09. The molecule has 0 aliphatic carbocycles. The van der Waals surface area contributed by atoms with Gasteiger partial charge in [-0.25, -0.2) is 0 Å². The third-order valence-corrected chi connectivity index (χ3v) is 3.55. The molecular weight excluding hydrogens is 270 g/mol. The molecule has 1 aromatic rings. The van der Waals surface area contributed by atoms with Crippen LogP contribution in [0.3, 0.4) is 0 Å². The molecular formula is C15H22N3O3-. The number of nitrogens with zero attached hydrogens (tertiary/aromatic N) is 2. The van der Waals surface area contributed by atoms with Gasteiger partial charge in [0.05, 0.1) is 11.7 Å². The van der Waals surface area contributed by atoms with Gasteiger partial charge in [-0.05, 0) is 46.2 Å². The molecule has 0 amide bonds. The van der Waals surface area contributed by atoms with Gasteiger partial charge in [0, 0.05) is 30.0 Å². The molecule has 0 aliphatic rings. The number of aliphatic imine (C=N–C) groups is 1. The maximum atomic E-state index is 10.6. The quantitative estimate of drug-likeness (QED) is 0.706. The second-order valence-corrected chi connectivity index (χ2v) is 5.12. The Kier molecular flexibility index (Phi) is 6.30. The Morgan fingerprint density at radius 3 is 2.81 bits per heavy atom. The molecule has 1 rings (SSSR count). The number of nitrogens with one attached hydrogen (secondary N) is 1. The van der Waals surface area contributed by atoms with E-state index in [2.05, 4.69) is 15.3 Å². The molecule has 1 heterocycles. The Labute approximate surface area is 124 Å². The molecule has 2 atom stereocenters. The van der Waals surface area contributed by atoms with Crippen molar-refractivity contribution in [2.45, 2.75) is 45.7 Å². The Hall–Kier alpha value is -1.95. The Morgan fingerprint density at radius 1 is 1.57 bits per heavy atom. The maximum Gasteiger partial charge on any atom is 0.145 e. The largest absolute Gasteiger partial charge is 0.550 e. The smallest absolute Gasteiger partial charge is 0.145 e. The fourth-order valence-corrected chi connectivity index (χ4v) is 1.95. The molecule has 0 radical (unpaired) electrons. The van der Waals surface area contributed by atoms with Gasteiger partial charge in [0.1, 0.15) is 5.75 Å². The number of carbonyl (C=O) groups is 1. The van der Waals surface area contributed by atoms with Crippen molar-refractivity contribution in [1.82, 2.24) is 10.3 Å². The van der Waals surface area contributed by atoms with E-state index < -0.39 is 5.97 Å². The van der Waals surface area contributed by atoms with E-state index in [1.54, 1.807) is 26.4 Å². The van der Waals surface area contributed by atoms with Gasteiger partial charge < -0.3 is 20.3 Å². The first-order valence-corrected chi connectivity index (χ1v) is 6.92. The van der Waals surface area contributed by atoms with Crippen molar-refractivity contribution in [1.29, 1.82) is 0 Å². The molecule has 6 heteroatoms. The SMILES string of the molecule is CNC(C)C(CCC(=O)[O-])N=Cc1c(C)cnc(C)c1O. The number of aryl methyl sites for hydroxylation is 2. The van der Waals surface area contributed by atoms with Crippen LogP contribution in [0.4, 0.5) is 0 Å². The highest BCUT2D eigenvalue weighted by Crippen LogP contribution is 2.21. The number of carboxylic acid groups (broad SMARTS) is 1. The Balaban J connectivity index is 2.97. The van der Waals surface area contributed by atoms with Crippen molar-refractivity contribution in [3.63, 3.8) is 0 Å². The van der Waals surface area contributed by atoms with E-state index in [0.717, 1.165) is 5.56 Å². The van der Waals surface area contributed by atoms with Crippen molar-refractivity contribution >= 4 is 12.2 Å². The predicted molar refractivity (Wildman–Crippen MR) is 79.5 cm³/mol. The number of aliphatic carboxylic acids is 1. The topological polar surface area (TPSA) is 97.6 Å². The molecule has 6 nitrogen and oxygen atoms in total. The lowest BCUT2D eigenvalue weighted by molar-refractivity contribution is -0.305.